The number of hydrogen-bond acceptors (Lipinski definition) is 5. The van der Waals surface area contributed by atoms with Crippen LogP contribution in [-0.4, -0.2) is 49.0 Å². The number of fused-ring (bicyclic) bond motifs is 1. The molecule has 2 aromatic carbocycles. The van der Waals surface area contributed by atoms with E-state index in [1.54, 1.807) is 29.5 Å². The van der Waals surface area contributed by atoms with Gasteiger partial charge in [0.15, 0.2) is 5.13 Å². The van der Waals surface area contributed by atoms with E-state index in [0.29, 0.717) is 11.1 Å². The Hall–Kier alpha value is -2.41. The minimum Gasteiger partial charge on any atom is -0.346 e. The highest BCUT2D eigenvalue weighted by atomic mass is 35.5. The Kier molecular flexibility index (Phi) is 5.85. The summed E-state index contributed by atoms with van der Waals surface area (Å²) in [7, 11) is 4.25. The maximum absolute atomic E-state index is 12.4. The van der Waals surface area contributed by atoms with Crippen LogP contribution in [0.1, 0.15) is 12.0 Å². The van der Waals surface area contributed by atoms with Crippen molar-refractivity contribution >= 4 is 56.0 Å². The standard InChI is InChI=1S/C22H23ClN4OS/c1-26(2)17-12-13-27(14-17)22-25-21-18(4-3-5-19(21)29-22)24-20(28)11-8-15-6-9-16(23)10-7-15/h3-11,17H,12-14H2,1-2H3,(H,24,28). The van der Waals surface area contributed by atoms with E-state index in [4.69, 9.17) is 16.6 Å². The summed E-state index contributed by atoms with van der Waals surface area (Å²) in [5.74, 6) is -0.184. The van der Waals surface area contributed by atoms with Crippen LogP contribution in [0.3, 0.4) is 0 Å². The molecule has 29 heavy (non-hydrogen) atoms. The third kappa shape index (κ3) is 4.61. The zero-order valence-electron chi connectivity index (χ0n) is 16.4. The number of amides is 1. The molecular weight excluding hydrogens is 404 g/mol. The van der Waals surface area contributed by atoms with E-state index in [1.165, 1.54) is 6.08 Å². The molecule has 1 amide bonds. The molecule has 0 radical (unpaired) electrons. The molecule has 0 spiro atoms. The van der Waals surface area contributed by atoms with E-state index >= 15 is 0 Å². The van der Waals surface area contributed by atoms with Crippen LogP contribution in [0.2, 0.25) is 5.02 Å². The molecule has 1 atom stereocenters. The van der Waals surface area contributed by atoms with Crippen LogP contribution in [0.5, 0.6) is 0 Å². The average Bonchev–Trinajstić information content (AvgIpc) is 3.35. The smallest absolute Gasteiger partial charge is 0.248 e. The molecular formula is C22H23ClN4OS. The Morgan fingerprint density at radius 1 is 1.28 bits per heavy atom. The fraction of sp³-hybridized carbons (Fsp3) is 0.273. The van der Waals surface area contributed by atoms with Gasteiger partial charge in [0.05, 0.1) is 10.4 Å². The molecule has 5 nitrogen and oxygen atoms in total. The lowest BCUT2D eigenvalue weighted by Crippen LogP contribution is -2.31. The highest BCUT2D eigenvalue weighted by Gasteiger charge is 2.26. The number of benzene rings is 2. The van der Waals surface area contributed by atoms with Crippen molar-refractivity contribution in [1.29, 1.82) is 0 Å². The Labute approximate surface area is 179 Å². The molecule has 1 aromatic heterocycles. The Morgan fingerprint density at radius 2 is 2.07 bits per heavy atom. The van der Waals surface area contributed by atoms with Gasteiger partial charge in [-0.05, 0) is 56.4 Å². The number of likely N-dealkylation sites (N-methyl/N-ethyl adjacent to an activating group) is 1. The number of aromatic nitrogens is 1. The minimum absolute atomic E-state index is 0.184. The number of nitrogens with zero attached hydrogens (tertiary/aromatic N) is 3. The molecule has 1 fully saturated rings. The molecule has 150 valence electrons. The zero-order valence-corrected chi connectivity index (χ0v) is 18.0. The van der Waals surface area contributed by atoms with Gasteiger partial charge in [0.25, 0.3) is 0 Å². The third-order valence-electron chi connectivity index (χ3n) is 5.13. The van der Waals surface area contributed by atoms with Gasteiger partial charge in [0.1, 0.15) is 5.52 Å². The van der Waals surface area contributed by atoms with Gasteiger partial charge in [0, 0.05) is 30.2 Å². The molecule has 1 unspecified atom stereocenters. The van der Waals surface area contributed by atoms with Gasteiger partial charge in [-0.2, -0.15) is 0 Å². The molecule has 1 saturated heterocycles. The second-order valence-electron chi connectivity index (χ2n) is 7.38. The van der Waals surface area contributed by atoms with Crippen LogP contribution < -0.4 is 10.2 Å². The number of carbonyl (C=O) groups excluding carboxylic acids is 1. The molecule has 4 rings (SSSR count). The van der Waals surface area contributed by atoms with Gasteiger partial charge in [-0.25, -0.2) is 4.98 Å². The molecule has 1 N–H and O–H groups in total. The van der Waals surface area contributed by atoms with Gasteiger partial charge in [-0.3, -0.25) is 4.79 Å². The number of hydrogen-bond donors (Lipinski definition) is 1. The van der Waals surface area contributed by atoms with Crippen molar-refractivity contribution in [1.82, 2.24) is 9.88 Å². The molecule has 1 aliphatic heterocycles. The predicted octanol–water partition coefficient (Wildman–Crippen LogP) is 4.74. The summed E-state index contributed by atoms with van der Waals surface area (Å²) in [5, 5.41) is 4.65. The summed E-state index contributed by atoms with van der Waals surface area (Å²) < 4.78 is 1.08. The van der Waals surface area contributed by atoms with Crippen LogP contribution in [0.15, 0.2) is 48.5 Å². The molecule has 2 heterocycles. The lowest BCUT2D eigenvalue weighted by atomic mass is 10.2. The lowest BCUT2D eigenvalue weighted by molar-refractivity contribution is -0.111. The lowest BCUT2D eigenvalue weighted by Gasteiger charge is -2.19. The van der Waals surface area contributed by atoms with Crippen LogP contribution in [0, 0.1) is 0 Å². The van der Waals surface area contributed by atoms with E-state index in [1.807, 2.05) is 24.3 Å². The number of halogens is 1. The quantitative estimate of drug-likeness (QED) is 0.598. The summed E-state index contributed by atoms with van der Waals surface area (Å²) >= 11 is 7.57. The van der Waals surface area contributed by atoms with E-state index in [-0.39, 0.29) is 5.91 Å². The zero-order chi connectivity index (χ0) is 20.4. The van der Waals surface area contributed by atoms with Crippen molar-refractivity contribution in [3.63, 3.8) is 0 Å². The van der Waals surface area contributed by atoms with Gasteiger partial charge < -0.3 is 15.1 Å². The highest BCUT2D eigenvalue weighted by molar-refractivity contribution is 7.22. The summed E-state index contributed by atoms with van der Waals surface area (Å²) in [6.45, 7) is 1.99. The van der Waals surface area contributed by atoms with Crippen LogP contribution in [0.4, 0.5) is 10.8 Å². The topological polar surface area (TPSA) is 48.5 Å². The number of rotatable bonds is 5. The number of thiazole rings is 1. The van der Waals surface area contributed by atoms with Crippen LogP contribution in [-0.2, 0) is 4.79 Å². The Bertz CT molecular complexity index is 1040. The maximum atomic E-state index is 12.4. The third-order valence-corrected chi connectivity index (χ3v) is 6.46. The first-order valence-electron chi connectivity index (χ1n) is 9.55. The Balaban J connectivity index is 1.50. The second-order valence-corrected chi connectivity index (χ2v) is 8.82. The molecule has 7 heteroatoms. The SMILES string of the molecule is CN(C)C1CCN(c2nc3c(NC(=O)C=Cc4ccc(Cl)cc4)cccc3s2)C1. The number of carbonyl (C=O) groups is 1. The molecule has 1 aliphatic rings. The molecule has 0 aliphatic carbocycles. The first-order chi connectivity index (χ1) is 14.0. The van der Waals surface area contributed by atoms with Crippen molar-refractivity contribution in [3.05, 3.63) is 59.1 Å². The second kappa shape index (κ2) is 8.53. The summed E-state index contributed by atoms with van der Waals surface area (Å²) in [6, 6.07) is 13.8. The van der Waals surface area contributed by atoms with Crippen molar-refractivity contribution in [2.45, 2.75) is 12.5 Å². The maximum Gasteiger partial charge on any atom is 0.248 e. The van der Waals surface area contributed by atoms with Crippen molar-refractivity contribution in [3.8, 4) is 0 Å². The largest absolute Gasteiger partial charge is 0.346 e. The summed E-state index contributed by atoms with van der Waals surface area (Å²) in [5.41, 5.74) is 2.50. The van der Waals surface area contributed by atoms with Crippen LogP contribution in [0.25, 0.3) is 16.3 Å². The van der Waals surface area contributed by atoms with E-state index in [9.17, 15) is 4.79 Å². The summed E-state index contributed by atoms with van der Waals surface area (Å²) in [6.07, 6.45) is 4.43. The number of anilines is 2. The van der Waals surface area contributed by atoms with E-state index in [0.717, 1.165) is 46.1 Å². The Morgan fingerprint density at radius 3 is 2.79 bits per heavy atom. The van der Waals surface area contributed by atoms with Gasteiger partial charge in [-0.1, -0.05) is 41.1 Å². The minimum atomic E-state index is -0.184. The number of para-hydroxylation sites is 1. The van der Waals surface area contributed by atoms with Crippen LogP contribution >= 0.6 is 22.9 Å². The van der Waals surface area contributed by atoms with Crippen molar-refractivity contribution in [2.24, 2.45) is 0 Å². The summed E-state index contributed by atoms with van der Waals surface area (Å²) in [4.78, 5) is 21.9. The van der Waals surface area contributed by atoms with Crippen molar-refractivity contribution in [2.75, 3.05) is 37.4 Å². The van der Waals surface area contributed by atoms with Gasteiger partial charge in [0.2, 0.25) is 5.91 Å². The molecule has 0 saturated carbocycles. The normalized spacial score (nSPS) is 17.0. The van der Waals surface area contributed by atoms with Gasteiger partial charge in [-0.15, -0.1) is 0 Å². The fourth-order valence-corrected chi connectivity index (χ4v) is 4.58. The monoisotopic (exact) mass is 426 g/mol. The average molecular weight is 427 g/mol. The molecule has 0 bridgehead atoms. The predicted molar refractivity (Wildman–Crippen MR) is 123 cm³/mol. The van der Waals surface area contributed by atoms with E-state index in [2.05, 4.69) is 35.3 Å². The first-order valence-corrected chi connectivity index (χ1v) is 10.7. The fourth-order valence-electron chi connectivity index (χ4n) is 3.43. The van der Waals surface area contributed by atoms with E-state index < -0.39 is 0 Å². The highest BCUT2D eigenvalue weighted by Crippen LogP contribution is 2.34. The van der Waals surface area contributed by atoms with Crippen molar-refractivity contribution < 1.29 is 4.79 Å². The first kappa shape index (κ1) is 19.9. The molecule has 3 aromatic rings. The van der Waals surface area contributed by atoms with Gasteiger partial charge >= 0.3 is 0 Å². The number of nitrogens with one attached hydrogen (secondary N) is 1.